The largest absolute Gasteiger partial charge is 0.451 e. The molecule has 4 rings (SSSR count). The van der Waals surface area contributed by atoms with E-state index in [1.807, 2.05) is 31.4 Å². The van der Waals surface area contributed by atoms with Gasteiger partial charge in [0.05, 0.1) is 11.4 Å². The number of carbonyl (C=O) groups excluding carboxylic acids is 2. The van der Waals surface area contributed by atoms with Gasteiger partial charge in [-0.15, -0.1) is 23.1 Å². The van der Waals surface area contributed by atoms with Crippen molar-refractivity contribution in [2.24, 2.45) is 0 Å². The third-order valence-electron chi connectivity index (χ3n) is 4.50. The normalized spacial score (nSPS) is 10.9. The van der Waals surface area contributed by atoms with Gasteiger partial charge in [0.1, 0.15) is 15.5 Å². The molecule has 0 aliphatic rings. The molecule has 9 heteroatoms. The molecule has 0 spiro atoms. The smallest absolute Gasteiger partial charge is 0.348 e. The zero-order valence-electron chi connectivity index (χ0n) is 16.7. The summed E-state index contributed by atoms with van der Waals surface area (Å²) < 4.78 is 20.1. The SMILES string of the molecule is CSc1cccc(NC(=O)COC(=O)c2cc3c(C)nn(-c4ccc(F)cc4)c3s2)c1. The van der Waals surface area contributed by atoms with Gasteiger partial charge in [0.25, 0.3) is 5.91 Å². The molecule has 2 heterocycles. The second-order valence-corrected chi connectivity index (χ2v) is 8.57. The fraction of sp³-hybridized carbons (Fsp3) is 0.136. The summed E-state index contributed by atoms with van der Waals surface area (Å²) >= 11 is 2.78. The fourth-order valence-electron chi connectivity index (χ4n) is 3.01. The number of esters is 1. The van der Waals surface area contributed by atoms with Gasteiger partial charge in [-0.1, -0.05) is 6.07 Å². The Labute approximate surface area is 186 Å². The highest BCUT2D eigenvalue weighted by Gasteiger charge is 2.19. The van der Waals surface area contributed by atoms with Crippen LogP contribution in [0.3, 0.4) is 0 Å². The number of anilines is 1. The van der Waals surface area contributed by atoms with Crippen LogP contribution in [-0.2, 0) is 9.53 Å². The van der Waals surface area contributed by atoms with E-state index in [2.05, 4.69) is 10.4 Å². The molecule has 0 bridgehead atoms. The minimum Gasteiger partial charge on any atom is -0.451 e. The van der Waals surface area contributed by atoms with Crippen molar-refractivity contribution in [1.82, 2.24) is 9.78 Å². The first-order chi connectivity index (χ1) is 14.9. The Bertz CT molecular complexity index is 1260. The number of nitrogens with one attached hydrogen (secondary N) is 1. The van der Waals surface area contributed by atoms with Crippen LogP contribution in [0.2, 0.25) is 0 Å². The number of rotatable bonds is 6. The minimum atomic E-state index is -0.584. The number of amides is 1. The van der Waals surface area contributed by atoms with Crippen molar-refractivity contribution in [3.63, 3.8) is 0 Å². The first kappa shape index (κ1) is 21.1. The Morgan fingerprint density at radius 3 is 2.71 bits per heavy atom. The van der Waals surface area contributed by atoms with Gasteiger partial charge >= 0.3 is 5.97 Å². The maximum Gasteiger partial charge on any atom is 0.348 e. The molecule has 31 heavy (non-hydrogen) atoms. The molecule has 1 N–H and O–H groups in total. The Hall–Kier alpha value is -3.17. The van der Waals surface area contributed by atoms with Crippen molar-refractivity contribution in [3.05, 3.63) is 71.0 Å². The monoisotopic (exact) mass is 455 g/mol. The topological polar surface area (TPSA) is 73.2 Å². The molecule has 0 atom stereocenters. The van der Waals surface area contributed by atoms with E-state index in [0.717, 1.165) is 20.8 Å². The lowest BCUT2D eigenvalue weighted by molar-refractivity contribution is -0.119. The van der Waals surface area contributed by atoms with Gasteiger partial charge in [-0.25, -0.2) is 13.9 Å². The lowest BCUT2D eigenvalue weighted by atomic mass is 10.3. The van der Waals surface area contributed by atoms with Crippen molar-refractivity contribution in [1.29, 1.82) is 0 Å². The van der Waals surface area contributed by atoms with Crippen molar-refractivity contribution in [2.75, 3.05) is 18.2 Å². The number of halogens is 1. The molecule has 2 aromatic carbocycles. The molecule has 2 aromatic heterocycles. The van der Waals surface area contributed by atoms with Crippen LogP contribution in [0, 0.1) is 12.7 Å². The summed E-state index contributed by atoms with van der Waals surface area (Å²) in [7, 11) is 0. The van der Waals surface area contributed by atoms with Crippen molar-refractivity contribution >= 4 is 50.9 Å². The Morgan fingerprint density at radius 2 is 1.97 bits per heavy atom. The molecule has 6 nitrogen and oxygen atoms in total. The van der Waals surface area contributed by atoms with E-state index in [1.165, 1.54) is 23.5 Å². The van der Waals surface area contributed by atoms with E-state index in [9.17, 15) is 14.0 Å². The first-order valence-corrected chi connectivity index (χ1v) is 11.3. The molecular weight excluding hydrogens is 437 g/mol. The summed E-state index contributed by atoms with van der Waals surface area (Å²) in [5.41, 5.74) is 2.07. The summed E-state index contributed by atoms with van der Waals surface area (Å²) in [5.74, 6) is -1.33. The first-order valence-electron chi connectivity index (χ1n) is 9.31. The van der Waals surface area contributed by atoms with Gasteiger partial charge in [-0.3, -0.25) is 4.79 Å². The second kappa shape index (κ2) is 8.91. The van der Waals surface area contributed by atoms with Gasteiger partial charge in [-0.05, 0) is 61.7 Å². The number of carbonyl (C=O) groups is 2. The fourth-order valence-corrected chi connectivity index (χ4v) is 4.54. The predicted molar refractivity (Wildman–Crippen MR) is 121 cm³/mol. The molecule has 158 valence electrons. The number of hydrogen-bond acceptors (Lipinski definition) is 6. The van der Waals surface area contributed by atoms with E-state index in [1.54, 1.807) is 40.7 Å². The van der Waals surface area contributed by atoms with Crippen LogP contribution in [0.4, 0.5) is 10.1 Å². The molecular formula is C22H18FN3O3S2. The van der Waals surface area contributed by atoms with Crippen LogP contribution >= 0.6 is 23.1 Å². The molecule has 0 aliphatic heterocycles. The van der Waals surface area contributed by atoms with E-state index >= 15 is 0 Å². The van der Waals surface area contributed by atoms with Crippen LogP contribution in [0.1, 0.15) is 15.4 Å². The number of thiophene rings is 1. The maximum absolute atomic E-state index is 13.2. The number of thioether (sulfide) groups is 1. The highest BCUT2D eigenvalue weighted by atomic mass is 32.2. The van der Waals surface area contributed by atoms with Gasteiger partial charge < -0.3 is 10.1 Å². The summed E-state index contributed by atoms with van der Waals surface area (Å²) in [6.45, 7) is 1.44. The van der Waals surface area contributed by atoms with Crippen molar-refractivity contribution in [2.45, 2.75) is 11.8 Å². The molecule has 0 saturated heterocycles. The zero-order valence-corrected chi connectivity index (χ0v) is 18.3. The van der Waals surface area contributed by atoms with Crippen LogP contribution in [0.15, 0.2) is 59.5 Å². The molecule has 1 amide bonds. The lowest BCUT2D eigenvalue weighted by Gasteiger charge is -2.07. The minimum absolute atomic E-state index is 0.335. The highest BCUT2D eigenvalue weighted by Crippen LogP contribution is 2.31. The molecule has 0 aliphatic carbocycles. The van der Waals surface area contributed by atoms with Gasteiger partial charge in [-0.2, -0.15) is 5.10 Å². The summed E-state index contributed by atoms with van der Waals surface area (Å²) in [6.07, 6.45) is 1.95. The number of nitrogens with zero attached hydrogens (tertiary/aromatic N) is 2. The predicted octanol–water partition coefficient (Wildman–Crippen LogP) is 5.05. The van der Waals surface area contributed by atoms with Crippen LogP contribution in [0.5, 0.6) is 0 Å². The number of aromatic nitrogens is 2. The molecule has 0 fully saturated rings. The van der Waals surface area contributed by atoms with Crippen LogP contribution < -0.4 is 5.32 Å². The Balaban J connectivity index is 1.46. The Kier molecular flexibility index (Phi) is 6.06. The second-order valence-electron chi connectivity index (χ2n) is 6.66. The molecule has 0 unspecified atom stereocenters. The van der Waals surface area contributed by atoms with E-state index in [0.29, 0.717) is 16.3 Å². The summed E-state index contributed by atoms with van der Waals surface area (Å²) in [5, 5.41) is 8.00. The molecule has 0 saturated carbocycles. The van der Waals surface area contributed by atoms with E-state index < -0.39 is 11.9 Å². The zero-order chi connectivity index (χ0) is 22.0. The van der Waals surface area contributed by atoms with Crippen molar-refractivity contribution in [3.8, 4) is 5.69 Å². The van der Waals surface area contributed by atoms with Gasteiger partial charge in [0, 0.05) is 16.0 Å². The van der Waals surface area contributed by atoms with E-state index in [-0.39, 0.29) is 12.4 Å². The quantitative estimate of drug-likeness (QED) is 0.325. The third-order valence-corrected chi connectivity index (χ3v) is 6.32. The highest BCUT2D eigenvalue weighted by molar-refractivity contribution is 7.98. The average molecular weight is 456 g/mol. The molecule has 0 radical (unpaired) electrons. The third kappa shape index (κ3) is 4.62. The van der Waals surface area contributed by atoms with Crippen LogP contribution in [-0.4, -0.2) is 34.5 Å². The van der Waals surface area contributed by atoms with E-state index in [4.69, 9.17) is 4.74 Å². The van der Waals surface area contributed by atoms with Gasteiger partial charge in [0.2, 0.25) is 0 Å². The van der Waals surface area contributed by atoms with Gasteiger partial charge in [0.15, 0.2) is 6.61 Å². The standard InChI is InChI=1S/C22H18FN3O3S2/c1-13-18-11-19(31-21(18)26(25-13)16-8-6-14(23)7-9-16)22(28)29-12-20(27)24-15-4-3-5-17(10-15)30-2/h3-11H,12H2,1-2H3,(H,24,27). The van der Waals surface area contributed by atoms with Crippen LogP contribution in [0.25, 0.3) is 15.9 Å². The number of benzene rings is 2. The Morgan fingerprint density at radius 1 is 1.19 bits per heavy atom. The number of aryl methyl sites for hydroxylation is 1. The molecule has 4 aromatic rings. The lowest BCUT2D eigenvalue weighted by Crippen LogP contribution is -2.20. The number of ether oxygens (including phenoxy) is 1. The van der Waals surface area contributed by atoms with Crippen molar-refractivity contribution < 1.29 is 18.7 Å². The average Bonchev–Trinajstić information content (AvgIpc) is 3.33. The number of hydrogen-bond donors (Lipinski definition) is 1. The summed E-state index contributed by atoms with van der Waals surface area (Å²) in [6, 6.07) is 15.1. The number of fused-ring (bicyclic) bond motifs is 1. The summed E-state index contributed by atoms with van der Waals surface area (Å²) in [4.78, 5) is 26.8. The maximum atomic E-state index is 13.2.